The highest BCUT2D eigenvalue weighted by Gasteiger charge is 2.20. The van der Waals surface area contributed by atoms with Gasteiger partial charge in [0.25, 0.3) is 5.91 Å². The average molecular weight is 319 g/mol. The summed E-state index contributed by atoms with van der Waals surface area (Å²) in [6.45, 7) is 2.55. The van der Waals surface area contributed by atoms with E-state index in [2.05, 4.69) is 5.32 Å². The van der Waals surface area contributed by atoms with Gasteiger partial charge in [-0.25, -0.2) is 4.79 Å². The molecular formula is C16H17NO4S. The summed E-state index contributed by atoms with van der Waals surface area (Å²) in [4.78, 5) is 24.2. The Bertz CT molecular complexity index is 639. The van der Waals surface area contributed by atoms with Crippen LogP contribution in [0.25, 0.3) is 0 Å². The zero-order valence-corrected chi connectivity index (χ0v) is 12.9. The minimum absolute atomic E-state index is 0.238. The van der Waals surface area contributed by atoms with Gasteiger partial charge in [-0.3, -0.25) is 4.79 Å². The number of aromatic carboxylic acids is 1. The quantitative estimate of drug-likeness (QED) is 0.823. The van der Waals surface area contributed by atoms with Gasteiger partial charge in [0.2, 0.25) is 0 Å². The van der Waals surface area contributed by atoms with Crippen molar-refractivity contribution in [2.75, 3.05) is 6.61 Å². The monoisotopic (exact) mass is 319 g/mol. The van der Waals surface area contributed by atoms with Crippen molar-refractivity contribution in [1.82, 2.24) is 5.32 Å². The maximum atomic E-state index is 12.3. The fourth-order valence-electron chi connectivity index (χ4n) is 1.97. The van der Waals surface area contributed by atoms with Crippen LogP contribution in [-0.2, 0) is 16.1 Å². The van der Waals surface area contributed by atoms with E-state index in [1.54, 1.807) is 6.07 Å². The Balaban J connectivity index is 2.00. The summed E-state index contributed by atoms with van der Waals surface area (Å²) in [6.07, 6.45) is -0.662. The Morgan fingerprint density at radius 1 is 1.23 bits per heavy atom. The van der Waals surface area contributed by atoms with E-state index in [4.69, 9.17) is 9.84 Å². The van der Waals surface area contributed by atoms with Gasteiger partial charge < -0.3 is 15.2 Å². The van der Waals surface area contributed by atoms with Gasteiger partial charge in [0.1, 0.15) is 4.88 Å². The molecule has 2 N–H and O–H groups in total. The maximum absolute atomic E-state index is 12.3. The van der Waals surface area contributed by atoms with Crippen LogP contribution in [-0.4, -0.2) is 23.6 Å². The lowest BCUT2D eigenvalue weighted by molar-refractivity contribution is -0.133. The number of hydrogen-bond acceptors (Lipinski definition) is 4. The van der Waals surface area contributed by atoms with Crippen molar-refractivity contribution in [3.05, 3.63) is 57.8 Å². The lowest BCUT2D eigenvalue weighted by Gasteiger charge is -2.16. The van der Waals surface area contributed by atoms with Gasteiger partial charge in [-0.1, -0.05) is 30.3 Å². The number of carbonyl (C=O) groups is 2. The van der Waals surface area contributed by atoms with Crippen LogP contribution in [0.5, 0.6) is 0 Å². The molecule has 1 heterocycles. The normalized spacial score (nSPS) is 11.9. The van der Waals surface area contributed by atoms with E-state index in [1.807, 2.05) is 37.3 Å². The molecule has 1 unspecified atom stereocenters. The number of ether oxygens (including phenoxy) is 1. The van der Waals surface area contributed by atoms with E-state index in [9.17, 15) is 9.59 Å². The van der Waals surface area contributed by atoms with E-state index in [1.165, 1.54) is 6.07 Å². The molecule has 2 rings (SSSR count). The van der Waals surface area contributed by atoms with Gasteiger partial charge in [-0.05, 0) is 24.6 Å². The first-order valence-electron chi connectivity index (χ1n) is 6.88. The average Bonchev–Trinajstić information content (AvgIpc) is 3.00. The molecule has 0 bridgehead atoms. The molecule has 0 spiro atoms. The first-order chi connectivity index (χ1) is 10.6. The highest BCUT2D eigenvalue weighted by atomic mass is 32.1. The molecule has 0 saturated carbocycles. The number of nitrogens with one attached hydrogen (secondary N) is 1. The Morgan fingerprint density at radius 2 is 1.95 bits per heavy atom. The Labute approximate surface area is 132 Å². The molecule has 1 amide bonds. The molecule has 2 aromatic rings. The summed E-state index contributed by atoms with van der Waals surface area (Å²) in [5, 5.41) is 11.7. The third kappa shape index (κ3) is 4.16. The number of carboxylic acid groups (broad SMARTS) is 1. The first-order valence-corrected chi connectivity index (χ1v) is 7.69. The molecule has 0 radical (unpaired) electrons. The molecule has 0 aliphatic heterocycles. The van der Waals surface area contributed by atoms with Gasteiger partial charge in [0.15, 0.2) is 6.10 Å². The number of carbonyl (C=O) groups excluding carboxylic acids is 1. The zero-order valence-electron chi connectivity index (χ0n) is 12.1. The predicted molar refractivity (Wildman–Crippen MR) is 83.9 cm³/mol. The van der Waals surface area contributed by atoms with Crippen LogP contribution in [0.4, 0.5) is 0 Å². The lowest BCUT2D eigenvalue weighted by atomic mass is 10.1. The van der Waals surface area contributed by atoms with Crippen LogP contribution in [0.1, 0.15) is 33.1 Å². The Kier molecular flexibility index (Phi) is 5.68. The van der Waals surface area contributed by atoms with E-state index in [0.29, 0.717) is 6.61 Å². The third-order valence-corrected chi connectivity index (χ3v) is 4.06. The van der Waals surface area contributed by atoms with Crippen molar-refractivity contribution in [3.63, 3.8) is 0 Å². The lowest BCUT2D eigenvalue weighted by Crippen LogP contribution is -2.30. The van der Waals surface area contributed by atoms with E-state index >= 15 is 0 Å². The minimum atomic E-state index is -0.959. The Hall–Kier alpha value is -2.18. The standard InChI is InChI=1S/C16H17NO4S/c1-2-21-14(11-6-4-3-5-7-11)15(18)17-10-12-8-9-13(22-12)16(19)20/h3-9,14H,2,10H2,1H3,(H,17,18)(H,19,20). The topological polar surface area (TPSA) is 75.6 Å². The maximum Gasteiger partial charge on any atom is 0.345 e. The van der Waals surface area contributed by atoms with Gasteiger partial charge in [-0.2, -0.15) is 0 Å². The molecule has 116 valence electrons. The van der Waals surface area contributed by atoms with Crippen LogP contribution < -0.4 is 5.32 Å². The summed E-state index contributed by atoms with van der Waals surface area (Å²) in [7, 11) is 0. The van der Waals surface area contributed by atoms with Gasteiger partial charge in [0.05, 0.1) is 6.54 Å². The van der Waals surface area contributed by atoms with Crippen molar-refractivity contribution < 1.29 is 19.4 Å². The van der Waals surface area contributed by atoms with Crippen molar-refractivity contribution >= 4 is 23.2 Å². The first kappa shape index (κ1) is 16.2. The predicted octanol–water partition coefficient (Wildman–Crippen LogP) is 2.84. The molecule has 0 aliphatic carbocycles. The van der Waals surface area contributed by atoms with Crippen LogP contribution in [0.2, 0.25) is 0 Å². The third-order valence-electron chi connectivity index (χ3n) is 2.98. The second kappa shape index (κ2) is 7.72. The number of rotatable bonds is 7. The minimum Gasteiger partial charge on any atom is -0.477 e. The van der Waals surface area contributed by atoms with Crippen molar-refractivity contribution in [2.45, 2.75) is 19.6 Å². The summed E-state index contributed by atoms with van der Waals surface area (Å²) in [6, 6.07) is 12.5. The second-order valence-electron chi connectivity index (χ2n) is 4.53. The van der Waals surface area contributed by atoms with Crippen molar-refractivity contribution in [1.29, 1.82) is 0 Å². The highest BCUT2D eigenvalue weighted by molar-refractivity contribution is 7.13. The van der Waals surface area contributed by atoms with Gasteiger partial charge >= 0.3 is 5.97 Å². The van der Waals surface area contributed by atoms with E-state index < -0.39 is 12.1 Å². The van der Waals surface area contributed by atoms with Gasteiger partial charge in [-0.15, -0.1) is 11.3 Å². The highest BCUT2D eigenvalue weighted by Crippen LogP contribution is 2.19. The zero-order chi connectivity index (χ0) is 15.9. The fourth-order valence-corrected chi connectivity index (χ4v) is 2.76. The molecule has 0 saturated heterocycles. The van der Waals surface area contributed by atoms with Crippen molar-refractivity contribution in [3.8, 4) is 0 Å². The molecule has 1 aromatic heterocycles. The number of thiophene rings is 1. The molecule has 22 heavy (non-hydrogen) atoms. The Morgan fingerprint density at radius 3 is 2.55 bits per heavy atom. The van der Waals surface area contributed by atoms with Crippen molar-refractivity contribution in [2.24, 2.45) is 0 Å². The smallest absolute Gasteiger partial charge is 0.345 e. The van der Waals surface area contributed by atoms with E-state index in [0.717, 1.165) is 21.8 Å². The molecule has 0 fully saturated rings. The summed E-state index contributed by atoms with van der Waals surface area (Å²) >= 11 is 1.15. The second-order valence-corrected chi connectivity index (χ2v) is 5.70. The SMILES string of the molecule is CCOC(C(=O)NCc1ccc(C(=O)O)s1)c1ccccc1. The van der Waals surface area contributed by atoms with Crippen LogP contribution in [0, 0.1) is 0 Å². The summed E-state index contributed by atoms with van der Waals surface area (Å²) < 4.78 is 5.52. The number of hydrogen-bond donors (Lipinski definition) is 2. The van der Waals surface area contributed by atoms with Crippen LogP contribution in [0.3, 0.4) is 0 Å². The van der Waals surface area contributed by atoms with Crippen LogP contribution >= 0.6 is 11.3 Å². The number of carboxylic acids is 1. The van der Waals surface area contributed by atoms with Gasteiger partial charge in [0, 0.05) is 11.5 Å². The molecule has 1 atom stereocenters. The molecule has 0 aliphatic rings. The molecule has 5 nitrogen and oxygen atoms in total. The summed E-state index contributed by atoms with van der Waals surface area (Å²) in [5.41, 5.74) is 0.791. The number of benzene rings is 1. The fraction of sp³-hybridized carbons (Fsp3) is 0.250. The number of amides is 1. The molecular weight excluding hydrogens is 302 g/mol. The molecule has 1 aromatic carbocycles. The van der Waals surface area contributed by atoms with Crippen LogP contribution in [0.15, 0.2) is 42.5 Å². The molecule has 6 heteroatoms. The van der Waals surface area contributed by atoms with E-state index in [-0.39, 0.29) is 17.3 Å². The largest absolute Gasteiger partial charge is 0.477 e. The summed E-state index contributed by atoms with van der Waals surface area (Å²) in [5.74, 6) is -1.20.